The predicted molar refractivity (Wildman–Crippen MR) is 123 cm³/mol. The van der Waals surface area contributed by atoms with E-state index in [1.807, 2.05) is 13.8 Å². The van der Waals surface area contributed by atoms with Gasteiger partial charge in [-0.25, -0.2) is 17.9 Å². The maximum atomic E-state index is 14.7. The van der Waals surface area contributed by atoms with Gasteiger partial charge in [-0.15, -0.1) is 0 Å². The first kappa shape index (κ1) is 24.0. The molecule has 1 saturated heterocycles. The number of alkyl halides is 2. The molecule has 0 unspecified atom stereocenters. The lowest BCUT2D eigenvalue weighted by Crippen LogP contribution is -2.38. The summed E-state index contributed by atoms with van der Waals surface area (Å²) in [6, 6.07) is 4.25. The second-order valence-electron chi connectivity index (χ2n) is 9.30. The normalized spacial score (nSPS) is 18.9. The Hall–Kier alpha value is -3.14. The van der Waals surface area contributed by atoms with Gasteiger partial charge in [0.2, 0.25) is 0 Å². The van der Waals surface area contributed by atoms with E-state index >= 15 is 0 Å². The number of fused-ring (bicyclic) bond motifs is 1. The Labute approximate surface area is 194 Å². The van der Waals surface area contributed by atoms with Crippen molar-refractivity contribution in [3.63, 3.8) is 0 Å². The van der Waals surface area contributed by atoms with Crippen LogP contribution in [0.1, 0.15) is 63.2 Å². The fourth-order valence-electron chi connectivity index (χ4n) is 4.52. The van der Waals surface area contributed by atoms with Gasteiger partial charge in [-0.2, -0.15) is 5.10 Å². The molecule has 1 fully saturated rings. The molecule has 0 spiro atoms. The number of rotatable bonds is 5. The molecule has 1 aliphatic heterocycles. The quantitative estimate of drug-likeness (QED) is 0.588. The Morgan fingerprint density at radius 1 is 1.21 bits per heavy atom. The summed E-state index contributed by atoms with van der Waals surface area (Å²) in [4.78, 5) is 25.6. The van der Waals surface area contributed by atoms with Crippen LogP contribution >= 0.6 is 0 Å². The summed E-state index contributed by atoms with van der Waals surface area (Å²) in [5.74, 6) is -0.750. The van der Waals surface area contributed by atoms with E-state index in [0.29, 0.717) is 24.8 Å². The number of benzene rings is 1. The van der Waals surface area contributed by atoms with E-state index in [0.717, 1.165) is 10.7 Å². The molecule has 3 heterocycles. The van der Waals surface area contributed by atoms with Gasteiger partial charge < -0.3 is 14.6 Å². The smallest absolute Gasteiger partial charge is 0.274 e. The van der Waals surface area contributed by atoms with E-state index in [1.54, 1.807) is 17.7 Å². The van der Waals surface area contributed by atoms with E-state index in [9.17, 15) is 22.8 Å². The van der Waals surface area contributed by atoms with Crippen molar-refractivity contribution in [2.24, 2.45) is 7.05 Å². The molecule has 1 aliphatic rings. The topological polar surface area (TPSA) is 78.2 Å². The van der Waals surface area contributed by atoms with Crippen molar-refractivity contribution >= 4 is 16.6 Å². The second kappa shape index (κ2) is 8.90. The Balaban J connectivity index is 1.80. The third kappa shape index (κ3) is 4.46. The van der Waals surface area contributed by atoms with Crippen LogP contribution in [0.4, 0.5) is 19.0 Å². The van der Waals surface area contributed by atoms with Gasteiger partial charge in [-0.3, -0.25) is 9.59 Å². The molecule has 182 valence electrons. The summed E-state index contributed by atoms with van der Waals surface area (Å²) in [6.07, 6.45) is -0.0970. The van der Waals surface area contributed by atoms with Crippen molar-refractivity contribution in [2.45, 2.75) is 57.7 Å². The Morgan fingerprint density at radius 2 is 1.91 bits per heavy atom. The standard InChI is InChI=1S/C24H27F3N4O3/c1-13(15-6-5-7-16(20(15)25)21(26)27)28-22-18-12-31(14-8-9-34-24(2,3)11-14)19(32)10-17(18)23(33)30(4)29-22/h5-7,10,12-14,21H,8-9,11H2,1-4H3,(H,28,29)/t13-,14+/m1/s1. The predicted octanol–water partition coefficient (Wildman–Crippen LogP) is 4.48. The highest BCUT2D eigenvalue weighted by molar-refractivity contribution is 5.90. The molecular weight excluding hydrogens is 449 g/mol. The largest absolute Gasteiger partial charge is 0.375 e. The second-order valence-corrected chi connectivity index (χ2v) is 9.30. The third-order valence-electron chi connectivity index (χ3n) is 6.29. The minimum absolute atomic E-state index is 0.0427. The number of hydrogen-bond donors (Lipinski definition) is 1. The zero-order valence-corrected chi connectivity index (χ0v) is 19.4. The van der Waals surface area contributed by atoms with Crippen molar-refractivity contribution in [3.8, 4) is 0 Å². The molecule has 1 aromatic carbocycles. The first-order chi connectivity index (χ1) is 16.0. The fourth-order valence-corrected chi connectivity index (χ4v) is 4.52. The van der Waals surface area contributed by atoms with Gasteiger partial charge in [0.1, 0.15) is 5.82 Å². The van der Waals surface area contributed by atoms with Crippen LogP contribution in [0.15, 0.2) is 40.1 Å². The molecule has 2 aromatic heterocycles. The summed E-state index contributed by atoms with van der Waals surface area (Å²) >= 11 is 0. The van der Waals surface area contributed by atoms with E-state index in [2.05, 4.69) is 10.4 Å². The molecule has 2 atom stereocenters. The highest BCUT2D eigenvalue weighted by atomic mass is 19.3. The summed E-state index contributed by atoms with van der Waals surface area (Å²) in [5.41, 5.74) is -1.80. The molecule has 0 radical (unpaired) electrons. The zero-order valence-electron chi connectivity index (χ0n) is 19.4. The molecule has 0 amide bonds. The number of halogens is 3. The van der Waals surface area contributed by atoms with E-state index in [4.69, 9.17) is 4.74 Å². The first-order valence-electron chi connectivity index (χ1n) is 11.1. The number of nitrogens with zero attached hydrogens (tertiary/aromatic N) is 3. The molecule has 4 rings (SSSR count). The summed E-state index contributed by atoms with van der Waals surface area (Å²) in [6.45, 7) is 6.03. The molecule has 10 heteroatoms. The minimum atomic E-state index is -2.94. The van der Waals surface area contributed by atoms with Gasteiger partial charge in [-0.1, -0.05) is 18.2 Å². The number of aromatic nitrogens is 3. The van der Waals surface area contributed by atoms with Crippen LogP contribution in [0.5, 0.6) is 0 Å². The SMILES string of the molecule is C[C@@H](Nc1nn(C)c(=O)c2cc(=O)n([C@H]3CCOC(C)(C)C3)cc12)c1cccc(C(F)F)c1F. The highest BCUT2D eigenvalue weighted by Gasteiger charge is 2.30. The Morgan fingerprint density at radius 3 is 2.59 bits per heavy atom. The number of aryl methyl sites for hydroxylation is 1. The molecule has 34 heavy (non-hydrogen) atoms. The summed E-state index contributed by atoms with van der Waals surface area (Å²) in [7, 11) is 1.45. The van der Waals surface area contributed by atoms with Gasteiger partial charge in [-0.05, 0) is 33.6 Å². The van der Waals surface area contributed by atoms with E-state index in [1.165, 1.54) is 25.2 Å². The number of ether oxygens (including phenoxy) is 1. The van der Waals surface area contributed by atoms with Gasteiger partial charge in [0, 0.05) is 42.9 Å². The van der Waals surface area contributed by atoms with Crippen LogP contribution in [0.3, 0.4) is 0 Å². The van der Waals surface area contributed by atoms with Crippen molar-refractivity contribution < 1.29 is 17.9 Å². The van der Waals surface area contributed by atoms with Crippen LogP contribution in [0.2, 0.25) is 0 Å². The van der Waals surface area contributed by atoms with Crippen molar-refractivity contribution in [2.75, 3.05) is 11.9 Å². The Bertz CT molecular complexity index is 1350. The van der Waals surface area contributed by atoms with E-state index in [-0.39, 0.29) is 28.4 Å². The Kier molecular flexibility index (Phi) is 6.28. The molecule has 0 aliphatic carbocycles. The monoisotopic (exact) mass is 476 g/mol. The molecule has 1 N–H and O–H groups in total. The van der Waals surface area contributed by atoms with Crippen molar-refractivity contribution in [1.29, 1.82) is 0 Å². The average molecular weight is 476 g/mol. The van der Waals surface area contributed by atoms with Crippen LogP contribution < -0.4 is 16.4 Å². The summed E-state index contributed by atoms with van der Waals surface area (Å²) in [5, 5.41) is 7.89. The zero-order chi connectivity index (χ0) is 24.8. The van der Waals surface area contributed by atoms with Gasteiger partial charge in [0.15, 0.2) is 5.82 Å². The molecule has 7 nitrogen and oxygen atoms in total. The van der Waals surface area contributed by atoms with Crippen LogP contribution in [0.25, 0.3) is 10.8 Å². The lowest BCUT2D eigenvalue weighted by atomic mass is 9.93. The number of nitrogens with one attached hydrogen (secondary N) is 1. The number of pyridine rings is 1. The average Bonchev–Trinajstić information content (AvgIpc) is 2.76. The molecule has 0 saturated carbocycles. The third-order valence-corrected chi connectivity index (χ3v) is 6.29. The van der Waals surface area contributed by atoms with Gasteiger partial charge in [0.05, 0.1) is 22.6 Å². The highest BCUT2D eigenvalue weighted by Crippen LogP contribution is 2.33. The maximum absolute atomic E-state index is 14.7. The number of hydrogen-bond acceptors (Lipinski definition) is 5. The maximum Gasteiger partial charge on any atom is 0.274 e. The number of anilines is 1. The lowest BCUT2D eigenvalue weighted by molar-refractivity contribution is -0.0695. The van der Waals surface area contributed by atoms with Crippen molar-refractivity contribution in [1.82, 2.24) is 14.3 Å². The molecule has 0 bridgehead atoms. The fraction of sp³-hybridized carbons (Fsp3) is 0.458. The summed E-state index contributed by atoms with van der Waals surface area (Å²) < 4.78 is 49.5. The van der Waals surface area contributed by atoms with Crippen LogP contribution in [-0.2, 0) is 11.8 Å². The lowest BCUT2D eigenvalue weighted by Gasteiger charge is -2.36. The minimum Gasteiger partial charge on any atom is -0.375 e. The van der Waals surface area contributed by atoms with Crippen LogP contribution in [-0.4, -0.2) is 26.6 Å². The van der Waals surface area contributed by atoms with E-state index < -0.39 is 35.0 Å². The molecular formula is C24H27F3N4O3. The van der Waals surface area contributed by atoms with Crippen molar-refractivity contribution in [3.05, 3.63) is 68.1 Å². The van der Waals surface area contributed by atoms with Gasteiger partial charge >= 0.3 is 0 Å². The molecule has 3 aromatic rings. The van der Waals surface area contributed by atoms with Gasteiger partial charge in [0.25, 0.3) is 17.5 Å². The van der Waals surface area contributed by atoms with Crippen LogP contribution in [0, 0.1) is 5.82 Å². The first-order valence-corrected chi connectivity index (χ1v) is 11.1.